The number of halogens is 1. The lowest BCUT2D eigenvalue weighted by Gasteiger charge is -2.78. The zero-order chi connectivity index (χ0) is 19.0. The van der Waals surface area contributed by atoms with E-state index in [0.717, 1.165) is 44.7 Å². The molecule has 0 aromatic heterocycles. The maximum Gasteiger partial charge on any atom is 0.228 e. The molecule has 4 unspecified atom stereocenters. The van der Waals surface area contributed by atoms with Crippen LogP contribution in [0.15, 0.2) is 30.3 Å². The van der Waals surface area contributed by atoms with Gasteiger partial charge in [0.15, 0.2) is 0 Å². The molecule has 6 atom stereocenters. The lowest BCUT2D eigenvalue weighted by molar-refractivity contribution is -0.169. The smallest absolute Gasteiger partial charge is 0.228 e. The Morgan fingerprint density at radius 3 is 2.61 bits per heavy atom. The number of alkyl halides is 1. The summed E-state index contributed by atoms with van der Waals surface area (Å²) in [7, 11) is 0. The summed E-state index contributed by atoms with van der Waals surface area (Å²) in [5.74, 6) is 1.26. The Hall–Kier alpha value is -0.620. The SMILES string of the molecule is NC1CCN(C(=O)C23CC4C[C@]5(I)C[C@@](c6ccccc6)(C2)C45C3)CC12CC2. The van der Waals surface area contributed by atoms with Crippen molar-refractivity contribution in [2.24, 2.45) is 27.9 Å². The van der Waals surface area contributed by atoms with E-state index in [1.54, 1.807) is 0 Å². The molecular weight excluding hydrogens is 459 g/mol. The molecule has 1 amide bonds. The molecule has 0 radical (unpaired) electrons. The van der Waals surface area contributed by atoms with Crippen molar-refractivity contribution < 1.29 is 4.79 Å². The number of carbonyl (C=O) groups excluding carboxylic acids is 1. The van der Waals surface area contributed by atoms with Gasteiger partial charge in [-0.3, -0.25) is 4.79 Å². The van der Waals surface area contributed by atoms with Crippen LogP contribution in [0.1, 0.15) is 56.9 Å². The third-order valence-electron chi connectivity index (χ3n) is 10.4. The Labute approximate surface area is 180 Å². The number of amides is 1. The molecule has 4 heteroatoms. The second-order valence-electron chi connectivity index (χ2n) is 11.3. The number of rotatable bonds is 2. The van der Waals surface area contributed by atoms with Crippen molar-refractivity contribution in [1.82, 2.24) is 4.90 Å². The van der Waals surface area contributed by atoms with Crippen LogP contribution in [0.3, 0.4) is 0 Å². The molecule has 1 aliphatic heterocycles. The molecule has 5 saturated carbocycles. The first-order valence-corrected chi connectivity index (χ1v) is 12.3. The first-order valence-electron chi connectivity index (χ1n) is 11.2. The molecule has 6 fully saturated rings. The lowest BCUT2D eigenvalue weighted by Crippen LogP contribution is -2.77. The van der Waals surface area contributed by atoms with E-state index < -0.39 is 0 Å². The molecule has 1 aromatic rings. The van der Waals surface area contributed by atoms with Gasteiger partial charge in [0.25, 0.3) is 0 Å². The van der Waals surface area contributed by atoms with Gasteiger partial charge in [0.2, 0.25) is 5.91 Å². The Balaban J connectivity index is 1.27. The minimum Gasteiger partial charge on any atom is -0.342 e. The Bertz CT molecular complexity index is 899. The fourth-order valence-corrected chi connectivity index (χ4v) is 11.5. The minimum absolute atomic E-state index is 0.0958. The van der Waals surface area contributed by atoms with Crippen molar-refractivity contribution in [2.45, 2.75) is 66.2 Å². The largest absolute Gasteiger partial charge is 0.342 e. The molecule has 1 aromatic carbocycles. The summed E-state index contributed by atoms with van der Waals surface area (Å²) in [5.41, 5.74) is 8.76. The fourth-order valence-electron chi connectivity index (χ4n) is 9.12. The third-order valence-corrected chi connectivity index (χ3v) is 12.1. The summed E-state index contributed by atoms with van der Waals surface area (Å²) in [6.07, 6.45) is 9.47. The number of fused-ring (bicyclic) bond motifs is 1. The number of hydrogen-bond donors (Lipinski definition) is 1. The standard InChI is InChI=1S/C24H29IN2O/c25-23-11-17-10-21(19(28)27-9-6-18(26)20(15-27)7-8-20)12-22(14-23,24(17,23)13-21)16-4-2-1-3-5-16/h1-5,17-18H,6-15,26H2/t17?,18?,21?,22-,23+,24?/m1/s1. The van der Waals surface area contributed by atoms with E-state index in [0.29, 0.717) is 20.8 Å². The third kappa shape index (κ3) is 1.62. The van der Waals surface area contributed by atoms with Crippen molar-refractivity contribution in [2.75, 3.05) is 13.1 Å². The number of likely N-dealkylation sites (tertiary alicyclic amines) is 1. The second-order valence-corrected chi connectivity index (χ2v) is 13.3. The van der Waals surface area contributed by atoms with Gasteiger partial charge in [0, 0.05) is 33.4 Å². The second kappa shape index (κ2) is 4.82. The number of hydrogen-bond acceptors (Lipinski definition) is 2. The number of piperidine rings is 1. The van der Waals surface area contributed by atoms with Crippen molar-refractivity contribution in [3.8, 4) is 0 Å². The summed E-state index contributed by atoms with van der Waals surface area (Å²) < 4.78 is 0.450. The van der Waals surface area contributed by atoms with E-state index in [4.69, 9.17) is 5.73 Å². The highest BCUT2D eigenvalue weighted by Gasteiger charge is 2.90. The predicted octanol–water partition coefficient (Wildman–Crippen LogP) is 4.03. The summed E-state index contributed by atoms with van der Waals surface area (Å²) in [5, 5.41) is 0. The van der Waals surface area contributed by atoms with Gasteiger partial charge in [-0.15, -0.1) is 0 Å². The predicted molar refractivity (Wildman–Crippen MR) is 117 cm³/mol. The molecule has 5 aliphatic carbocycles. The van der Waals surface area contributed by atoms with Crippen molar-refractivity contribution in [1.29, 1.82) is 0 Å². The lowest BCUT2D eigenvalue weighted by atomic mass is 9.30. The highest BCUT2D eigenvalue weighted by atomic mass is 127. The first kappa shape index (κ1) is 17.1. The van der Waals surface area contributed by atoms with Crippen LogP contribution in [0.5, 0.6) is 0 Å². The average Bonchev–Trinajstić information content (AvgIpc) is 3.30. The van der Waals surface area contributed by atoms with Crippen LogP contribution >= 0.6 is 22.6 Å². The maximum absolute atomic E-state index is 14.0. The van der Waals surface area contributed by atoms with Gasteiger partial charge in [-0.25, -0.2) is 0 Å². The van der Waals surface area contributed by atoms with Crippen LogP contribution in [-0.2, 0) is 10.2 Å². The van der Waals surface area contributed by atoms with Gasteiger partial charge in [-0.2, -0.15) is 0 Å². The number of nitrogens with two attached hydrogens (primary N) is 1. The molecule has 2 spiro atoms. The quantitative estimate of drug-likeness (QED) is 0.505. The monoisotopic (exact) mass is 488 g/mol. The topological polar surface area (TPSA) is 46.3 Å². The van der Waals surface area contributed by atoms with Gasteiger partial charge in [0.05, 0.1) is 5.41 Å². The van der Waals surface area contributed by atoms with Crippen molar-refractivity contribution in [3.63, 3.8) is 0 Å². The molecule has 2 N–H and O–H groups in total. The van der Waals surface area contributed by atoms with E-state index in [2.05, 4.69) is 57.8 Å². The normalized spacial score (nSPS) is 51.4. The van der Waals surface area contributed by atoms with Gasteiger partial charge < -0.3 is 10.6 Å². The fraction of sp³-hybridized carbons (Fsp3) is 0.708. The van der Waals surface area contributed by atoms with Crippen LogP contribution in [0.2, 0.25) is 0 Å². The van der Waals surface area contributed by atoms with Gasteiger partial charge in [0.1, 0.15) is 0 Å². The summed E-state index contributed by atoms with van der Waals surface area (Å²) in [6.45, 7) is 1.81. The number of benzene rings is 1. The summed E-state index contributed by atoms with van der Waals surface area (Å²) in [6, 6.07) is 11.5. The van der Waals surface area contributed by atoms with E-state index in [9.17, 15) is 4.79 Å². The Kier molecular flexibility index (Phi) is 2.94. The van der Waals surface area contributed by atoms with E-state index in [1.165, 1.54) is 31.2 Å². The van der Waals surface area contributed by atoms with Crippen molar-refractivity contribution >= 4 is 28.5 Å². The summed E-state index contributed by atoms with van der Waals surface area (Å²) in [4.78, 5) is 16.3. The van der Waals surface area contributed by atoms with Gasteiger partial charge in [-0.05, 0) is 68.3 Å². The molecule has 148 valence electrons. The molecule has 3 nitrogen and oxygen atoms in total. The van der Waals surface area contributed by atoms with Gasteiger partial charge in [-0.1, -0.05) is 52.9 Å². The Morgan fingerprint density at radius 1 is 1.11 bits per heavy atom. The molecule has 1 saturated heterocycles. The van der Waals surface area contributed by atoms with Crippen LogP contribution in [-0.4, -0.2) is 33.4 Å². The van der Waals surface area contributed by atoms with E-state index >= 15 is 0 Å². The summed E-state index contributed by atoms with van der Waals surface area (Å²) >= 11 is 2.79. The minimum atomic E-state index is -0.0958. The number of nitrogens with zero attached hydrogens (tertiary/aromatic N) is 1. The molecule has 6 aliphatic rings. The molecule has 28 heavy (non-hydrogen) atoms. The van der Waals surface area contributed by atoms with Crippen LogP contribution in [0, 0.1) is 22.2 Å². The maximum atomic E-state index is 14.0. The van der Waals surface area contributed by atoms with Crippen LogP contribution in [0.25, 0.3) is 0 Å². The molecular formula is C24H29IN2O. The van der Waals surface area contributed by atoms with Crippen LogP contribution < -0.4 is 5.73 Å². The van der Waals surface area contributed by atoms with Crippen molar-refractivity contribution in [3.05, 3.63) is 35.9 Å². The average molecular weight is 488 g/mol. The van der Waals surface area contributed by atoms with E-state index in [-0.39, 0.29) is 16.2 Å². The van der Waals surface area contributed by atoms with Gasteiger partial charge >= 0.3 is 0 Å². The first-order chi connectivity index (χ1) is 13.4. The zero-order valence-electron chi connectivity index (χ0n) is 16.4. The van der Waals surface area contributed by atoms with E-state index in [1.807, 2.05) is 0 Å². The number of carbonyl (C=O) groups is 1. The highest BCUT2D eigenvalue weighted by Crippen LogP contribution is 2.93. The highest BCUT2D eigenvalue weighted by molar-refractivity contribution is 14.1. The zero-order valence-corrected chi connectivity index (χ0v) is 18.6. The molecule has 7 rings (SSSR count). The Morgan fingerprint density at radius 2 is 1.89 bits per heavy atom. The molecule has 1 heterocycles. The molecule has 2 bridgehead atoms. The van der Waals surface area contributed by atoms with Crippen LogP contribution in [0.4, 0.5) is 0 Å².